The lowest BCUT2D eigenvalue weighted by molar-refractivity contribution is 0.112. The minimum absolute atomic E-state index is 0.437. The summed E-state index contributed by atoms with van der Waals surface area (Å²) in [6.07, 6.45) is 1.56. The highest BCUT2D eigenvalue weighted by Gasteiger charge is 2.35. The van der Waals surface area contributed by atoms with Gasteiger partial charge in [0.15, 0.2) is 0 Å². The lowest BCUT2D eigenvalue weighted by atomic mass is 9.98. The predicted octanol–water partition coefficient (Wildman–Crippen LogP) is 3.73. The van der Waals surface area contributed by atoms with Crippen molar-refractivity contribution in [1.82, 2.24) is 4.72 Å². The molecular weight excluding hydrogens is 322 g/mol. The van der Waals surface area contributed by atoms with Gasteiger partial charge in [-0.3, -0.25) is 4.79 Å². The smallest absolute Gasteiger partial charge is 0.221 e. The molecule has 0 spiro atoms. The first-order valence-electron chi connectivity index (χ1n) is 7.97. The van der Waals surface area contributed by atoms with E-state index in [1.165, 1.54) is 0 Å². The quantitative estimate of drug-likeness (QED) is 0.778. The number of carbonyl (C=O) groups is 1. The van der Waals surface area contributed by atoms with Gasteiger partial charge in [0, 0.05) is 12.1 Å². The fourth-order valence-electron chi connectivity index (χ4n) is 2.39. The Morgan fingerprint density at radius 2 is 1.46 bits per heavy atom. The van der Waals surface area contributed by atoms with Gasteiger partial charge in [-0.1, -0.05) is 55.5 Å². The minimum Gasteiger partial charge on any atom is -0.298 e. The van der Waals surface area contributed by atoms with Crippen LogP contribution in [0.15, 0.2) is 48.5 Å². The molecule has 2 aromatic carbocycles. The first-order valence-corrected chi connectivity index (χ1v) is 9.45. The molecule has 4 nitrogen and oxygen atoms in total. The summed E-state index contributed by atoms with van der Waals surface area (Å²) < 4.78 is 26.6. The molecule has 0 fully saturated rings. The molecule has 0 aliphatic heterocycles. The maximum atomic E-state index is 12.5. The van der Waals surface area contributed by atoms with Gasteiger partial charge in [-0.25, -0.2) is 13.1 Å². The fourth-order valence-corrected chi connectivity index (χ4v) is 3.67. The minimum atomic E-state index is -3.45. The van der Waals surface area contributed by atoms with Gasteiger partial charge in [0.1, 0.15) is 11.0 Å². The van der Waals surface area contributed by atoms with Crippen molar-refractivity contribution in [3.8, 4) is 11.1 Å². The van der Waals surface area contributed by atoms with Gasteiger partial charge < -0.3 is 0 Å². The van der Waals surface area contributed by atoms with Gasteiger partial charge in [0.2, 0.25) is 10.0 Å². The van der Waals surface area contributed by atoms with Crippen LogP contribution in [0.5, 0.6) is 0 Å². The van der Waals surface area contributed by atoms with E-state index in [1.54, 1.807) is 26.0 Å². The number of nitrogens with one attached hydrogen (secondary N) is 1. The van der Waals surface area contributed by atoms with Gasteiger partial charge in [-0.15, -0.1) is 0 Å². The van der Waals surface area contributed by atoms with E-state index in [4.69, 9.17) is 0 Å². The third-order valence-corrected chi connectivity index (χ3v) is 6.34. The Labute approximate surface area is 144 Å². The average Bonchev–Trinajstić information content (AvgIpc) is 2.60. The van der Waals surface area contributed by atoms with Crippen molar-refractivity contribution in [2.75, 3.05) is 6.54 Å². The van der Waals surface area contributed by atoms with Crippen LogP contribution in [0.4, 0.5) is 0 Å². The van der Waals surface area contributed by atoms with E-state index in [0.29, 0.717) is 12.1 Å². The highest BCUT2D eigenvalue weighted by Crippen LogP contribution is 2.30. The molecule has 0 unspecified atom stereocenters. The summed E-state index contributed by atoms with van der Waals surface area (Å²) in [5.74, 6) is 0. The normalized spacial score (nSPS) is 12.1. The number of hydrogen-bond acceptors (Lipinski definition) is 3. The highest BCUT2D eigenvalue weighted by atomic mass is 32.2. The number of hydrogen-bond donors (Lipinski definition) is 1. The zero-order valence-corrected chi connectivity index (χ0v) is 15.1. The Morgan fingerprint density at radius 3 is 1.92 bits per heavy atom. The van der Waals surface area contributed by atoms with Crippen molar-refractivity contribution >= 4 is 16.3 Å². The van der Waals surface area contributed by atoms with E-state index in [2.05, 4.69) is 4.72 Å². The highest BCUT2D eigenvalue weighted by molar-refractivity contribution is 7.90. The molecule has 0 amide bonds. The second-order valence-electron chi connectivity index (χ2n) is 6.23. The van der Waals surface area contributed by atoms with Crippen LogP contribution in [-0.2, 0) is 14.8 Å². The van der Waals surface area contributed by atoms with E-state index < -0.39 is 14.8 Å². The number of sulfonamides is 1. The summed E-state index contributed by atoms with van der Waals surface area (Å²) in [6.45, 7) is 5.78. The summed E-state index contributed by atoms with van der Waals surface area (Å²) in [4.78, 5) is 10.7. The van der Waals surface area contributed by atoms with Crippen molar-refractivity contribution in [3.05, 3.63) is 59.7 Å². The largest absolute Gasteiger partial charge is 0.298 e. The van der Waals surface area contributed by atoms with E-state index in [9.17, 15) is 13.2 Å². The van der Waals surface area contributed by atoms with Crippen LogP contribution >= 0.6 is 0 Å². The van der Waals surface area contributed by atoms with Crippen molar-refractivity contribution in [1.29, 1.82) is 0 Å². The lowest BCUT2D eigenvalue weighted by Gasteiger charge is -2.26. The van der Waals surface area contributed by atoms with Crippen molar-refractivity contribution < 1.29 is 13.2 Å². The van der Waals surface area contributed by atoms with Crippen LogP contribution in [-0.4, -0.2) is 21.2 Å². The molecule has 5 heteroatoms. The molecule has 0 heterocycles. The van der Waals surface area contributed by atoms with Crippen molar-refractivity contribution in [2.45, 2.75) is 31.9 Å². The van der Waals surface area contributed by atoms with Gasteiger partial charge in [-0.2, -0.15) is 0 Å². The average molecular weight is 345 g/mol. The van der Waals surface area contributed by atoms with Crippen molar-refractivity contribution in [2.24, 2.45) is 0 Å². The molecule has 0 saturated heterocycles. The van der Waals surface area contributed by atoms with Gasteiger partial charge in [0.05, 0.1) is 0 Å². The molecule has 0 radical (unpaired) electrons. The molecule has 0 aliphatic carbocycles. The van der Waals surface area contributed by atoms with Gasteiger partial charge in [-0.05, 0) is 37.0 Å². The number of rotatable bonds is 7. The molecule has 2 rings (SSSR count). The summed E-state index contributed by atoms with van der Waals surface area (Å²) in [5, 5.41) is 0. The Morgan fingerprint density at radius 1 is 0.958 bits per heavy atom. The van der Waals surface area contributed by atoms with E-state index in [1.807, 2.05) is 43.3 Å². The molecule has 0 aliphatic rings. The molecule has 0 bridgehead atoms. The van der Waals surface area contributed by atoms with Gasteiger partial charge >= 0.3 is 0 Å². The van der Waals surface area contributed by atoms with E-state index in [-0.39, 0.29) is 0 Å². The first-order chi connectivity index (χ1) is 11.3. The lowest BCUT2D eigenvalue weighted by Crippen LogP contribution is -2.39. The summed E-state index contributed by atoms with van der Waals surface area (Å²) in [5.41, 5.74) is 3.33. The monoisotopic (exact) mass is 345 g/mol. The van der Waals surface area contributed by atoms with Crippen LogP contribution in [0.3, 0.4) is 0 Å². The summed E-state index contributed by atoms with van der Waals surface area (Å²) in [6, 6.07) is 14.8. The molecule has 1 N–H and O–H groups in total. The topological polar surface area (TPSA) is 63.2 Å². The van der Waals surface area contributed by atoms with E-state index >= 15 is 0 Å². The number of benzene rings is 2. The van der Waals surface area contributed by atoms with Crippen LogP contribution in [0.2, 0.25) is 0 Å². The zero-order chi connectivity index (χ0) is 17.8. The fraction of sp³-hybridized carbons (Fsp3) is 0.316. The molecule has 128 valence electrons. The molecule has 0 atom stereocenters. The Bertz CT molecular complexity index is 792. The molecule has 2 aromatic rings. The third-order valence-electron chi connectivity index (χ3n) is 4.17. The second kappa shape index (κ2) is 7.28. The summed E-state index contributed by atoms with van der Waals surface area (Å²) in [7, 11) is -3.45. The molecule has 0 saturated carbocycles. The van der Waals surface area contributed by atoms with Crippen LogP contribution in [0.1, 0.15) is 43.1 Å². The van der Waals surface area contributed by atoms with Gasteiger partial charge in [0.25, 0.3) is 0 Å². The Hall–Kier alpha value is -1.98. The zero-order valence-electron chi connectivity index (χ0n) is 14.2. The second-order valence-corrected chi connectivity index (χ2v) is 8.54. The van der Waals surface area contributed by atoms with E-state index in [0.717, 1.165) is 29.4 Å². The maximum absolute atomic E-state index is 12.5. The Kier molecular flexibility index (Phi) is 5.57. The SMILES string of the molecule is CCCNS(=O)(=O)C(C)(C)c1ccc(-c2ccc(C=O)cc2)cc1. The van der Waals surface area contributed by atoms with Crippen LogP contribution in [0, 0.1) is 0 Å². The first kappa shape index (κ1) is 18.4. The number of aldehydes is 1. The molecular formula is C19H23NO3S. The number of carbonyl (C=O) groups excluding carboxylic acids is 1. The standard InChI is InChI=1S/C19H23NO3S/c1-4-13-20-24(22,23)19(2,3)18-11-9-17(10-12-18)16-7-5-15(14-21)6-8-16/h5-12,14,20H,4,13H2,1-3H3. The van der Waals surface area contributed by atoms with Crippen molar-refractivity contribution in [3.63, 3.8) is 0 Å². The maximum Gasteiger partial charge on any atom is 0.221 e. The predicted molar refractivity (Wildman–Crippen MR) is 97.5 cm³/mol. The van der Waals surface area contributed by atoms with Crippen LogP contribution in [0.25, 0.3) is 11.1 Å². The molecule has 24 heavy (non-hydrogen) atoms. The summed E-state index contributed by atoms with van der Waals surface area (Å²) >= 11 is 0. The van der Waals surface area contributed by atoms with Crippen LogP contribution < -0.4 is 4.72 Å². The Balaban J connectivity index is 2.29. The third kappa shape index (κ3) is 3.74. The molecule has 0 aromatic heterocycles.